The van der Waals surface area contributed by atoms with E-state index in [0.717, 1.165) is 32.2 Å². The van der Waals surface area contributed by atoms with Crippen LogP contribution in [0.5, 0.6) is 0 Å². The van der Waals surface area contributed by atoms with Crippen molar-refractivity contribution in [2.24, 2.45) is 17.6 Å². The summed E-state index contributed by atoms with van der Waals surface area (Å²) < 4.78 is 0. The first-order valence-corrected chi connectivity index (χ1v) is 8.39. The molecule has 0 aromatic heterocycles. The lowest BCUT2D eigenvalue weighted by Crippen LogP contribution is -2.53. The first-order chi connectivity index (χ1) is 8.59. The van der Waals surface area contributed by atoms with Gasteiger partial charge >= 0.3 is 0 Å². The number of amides is 1. The zero-order valence-corrected chi connectivity index (χ0v) is 12.2. The van der Waals surface area contributed by atoms with E-state index in [2.05, 4.69) is 5.32 Å². The maximum atomic E-state index is 12.3. The van der Waals surface area contributed by atoms with E-state index in [1.807, 2.05) is 18.7 Å². The maximum Gasteiger partial charge on any atom is 0.224 e. The molecule has 3 N–H and O–H groups in total. The lowest BCUT2D eigenvalue weighted by atomic mass is 9.74. The van der Waals surface area contributed by atoms with Crippen LogP contribution in [0.3, 0.4) is 0 Å². The van der Waals surface area contributed by atoms with Crippen molar-refractivity contribution in [3.8, 4) is 0 Å². The summed E-state index contributed by atoms with van der Waals surface area (Å²) in [4.78, 5) is 12.3. The minimum Gasteiger partial charge on any atom is -0.356 e. The van der Waals surface area contributed by atoms with Gasteiger partial charge in [0.1, 0.15) is 0 Å². The van der Waals surface area contributed by atoms with Crippen LogP contribution >= 0.6 is 11.8 Å². The number of nitrogens with one attached hydrogen (secondary N) is 1. The third-order valence-electron chi connectivity index (χ3n) is 4.48. The molecule has 0 aromatic rings. The highest BCUT2D eigenvalue weighted by Crippen LogP contribution is 2.31. The van der Waals surface area contributed by atoms with Gasteiger partial charge in [0.15, 0.2) is 0 Å². The first kappa shape index (κ1) is 14.2. The molecule has 0 aromatic carbocycles. The Morgan fingerprint density at radius 1 is 1.33 bits per heavy atom. The van der Waals surface area contributed by atoms with Gasteiger partial charge in [-0.05, 0) is 50.0 Å². The summed E-state index contributed by atoms with van der Waals surface area (Å²) in [6.07, 6.45) is 6.73. The average molecular weight is 270 g/mol. The summed E-state index contributed by atoms with van der Waals surface area (Å²) in [5, 5.41) is 3.15. The predicted molar refractivity (Wildman–Crippen MR) is 77.6 cm³/mol. The molecule has 3 nitrogen and oxygen atoms in total. The Balaban J connectivity index is 1.79. The van der Waals surface area contributed by atoms with Crippen molar-refractivity contribution >= 4 is 17.7 Å². The topological polar surface area (TPSA) is 55.1 Å². The van der Waals surface area contributed by atoms with Crippen molar-refractivity contribution in [2.75, 3.05) is 18.1 Å². The Hall–Kier alpha value is -0.220. The van der Waals surface area contributed by atoms with E-state index in [-0.39, 0.29) is 17.4 Å². The van der Waals surface area contributed by atoms with Gasteiger partial charge in [0.05, 0.1) is 5.92 Å². The van der Waals surface area contributed by atoms with E-state index in [0.29, 0.717) is 5.92 Å². The van der Waals surface area contributed by atoms with Crippen LogP contribution in [-0.2, 0) is 4.79 Å². The average Bonchev–Trinajstić information content (AvgIpc) is 2.37. The van der Waals surface area contributed by atoms with Gasteiger partial charge in [-0.15, -0.1) is 0 Å². The second kappa shape index (κ2) is 6.29. The second-order valence-electron chi connectivity index (χ2n) is 6.11. The van der Waals surface area contributed by atoms with Gasteiger partial charge < -0.3 is 11.1 Å². The van der Waals surface area contributed by atoms with Crippen LogP contribution < -0.4 is 11.1 Å². The molecule has 1 amide bonds. The maximum absolute atomic E-state index is 12.3. The van der Waals surface area contributed by atoms with Crippen LogP contribution in [0.25, 0.3) is 0 Å². The normalized spacial score (nSPS) is 34.2. The number of thioether (sulfide) groups is 1. The number of carbonyl (C=O) groups is 1. The van der Waals surface area contributed by atoms with E-state index in [4.69, 9.17) is 5.73 Å². The van der Waals surface area contributed by atoms with Crippen molar-refractivity contribution in [1.29, 1.82) is 0 Å². The molecule has 18 heavy (non-hydrogen) atoms. The lowest BCUT2D eigenvalue weighted by molar-refractivity contribution is -0.128. The molecule has 0 radical (unpaired) electrons. The van der Waals surface area contributed by atoms with E-state index < -0.39 is 0 Å². The quantitative estimate of drug-likeness (QED) is 0.826. The smallest absolute Gasteiger partial charge is 0.224 e. The highest BCUT2D eigenvalue weighted by molar-refractivity contribution is 7.99. The molecule has 1 aliphatic carbocycles. The van der Waals surface area contributed by atoms with E-state index in [1.54, 1.807) is 0 Å². The SMILES string of the molecule is CC1(N)CCCCC1C(=O)NCC1CCSCC1. The fourth-order valence-electron chi connectivity index (χ4n) is 3.11. The third kappa shape index (κ3) is 3.64. The Bertz CT molecular complexity index is 288. The Morgan fingerprint density at radius 3 is 2.72 bits per heavy atom. The summed E-state index contributed by atoms with van der Waals surface area (Å²) in [7, 11) is 0. The van der Waals surface area contributed by atoms with Crippen molar-refractivity contribution in [3.05, 3.63) is 0 Å². The van der Waals surface area contributed by atoms with Crippen LogP contribution in [0.15, 0.2) is 0 Å². The zero-order chi connectivity index (χ0) is 13.0. The van der Waals surface area contributed by atoms with Gasteiger partial charge in [0.2, 0.25) is 5.91 Å². The zero-order valence-electron chi connectivity index (χ0n) is 11.4. The van der Waals surface area contributed by atoms with Gasteiger partial charge in [-0.3, -0.25) is 4.79 Å². The first-order valence-electron chi connectivity index (χ1n) is 7.24. The number of hydrogen-bond acceptors (Lipinski definition) is 3. The fourth-order valence-corrected chi connectivity index (χ4v) is 4.31. The van der Waals surface area contributed by atoms with E-state index >= 15 is 0 Å². The monoisotopic (exact) mass is 270 g/mol. The summed E-state index contributed by atoms with van der Waals surface area (Å²) in [5.41, 5.74) is 5.97. The Labute approximate surface area is 115 Å². The number of rotatable bonds is 3. The van der Waals surface area contributed by atoms with Crippen LogP contribution in [0, 0.1) is 11.8 Å². The number of carbonyl (C=O) groups excluding carboxylic acids is 1. The Morgan fingerprint density at radius 2 is 2.06 bits per heavy atom. The van der Waals surface area contributed by atoms with Crippen LogP contribution in [-0.4, -0.2) is 29.5 Å². The molecule has 1 heterocycles. The van der Waals surface area contributed by atoms with Gasteiger partial charge in [0, 0.05) is 12.1 Å². The van der Waals surface area contributed by atoms with Crippen molar-refractivity contribution in [2.45, 2.75) is 51.0 Å². The number of hydrogen-bond donors (Lipinski definition) is 2. The summed E-state index contributed by atoms with van der Waals surface area (Å²) in [6.45, 7) is 2.89. The molecule has 1 aliphatic heterocycles. The largest absolute Gasteiger partial charge is 0.356 e. The molecular formula is C14H26N2OS. The third-order valence-corrected chi connectivity index (χ3v) is 5.53. The molecule has 4 heteroatoms. The van der Waals surface area contributed by atoms with Gasteiger partial charge in [-0.25, -0.2) is 0 Å². The predicted octanol–water partition coefficient (Wildman–Crippen LogP) is 2.15. The van der Waals surface area contributed by atoms with Gasteiger partial charge in [-0.2, -0.15) is 11.8 Å². The fraction of sp³-hybridized carbons (Fsp3) is 0.929. The van der Waals surface area contributed by atoms with Gasteiger partial charge in [-0.1, -0.05) is 12.8 Å². The van der Waals surface area contributed by atoms with Crippen molar-refractivity contribution < 1.29 is 4.79 Å². The molecule has 2 aliphatic rings. The van der Waals surface area contributed by atoms with Crippen molar-refractivity contribution in [1.82, 2.24) is 5.32 Å². The van der Waals surface area contributed by atoms with Gasteiger partial charge in [0.25, 0.3) is 0 Å². The van der Waals surface area contributed by atoms with E-state index in [1.165, 1.54) is 24.3 Å². The minimum absolute atomic E-state index is 0.0178. The molecule has 104 valence electrons. The lowest BCUT2D eigenvalue weighted by Gasteiger charge is -2.37. The standard InChI is InChI=1S/C14H26N2OS/c1-14(15)7-3-2-4-12(14)13(17)16-10-11-5-8-18-9-6-11/h11-12H,2-10,15H2,1H3,(H,16,17). The molecule has 0 spiro atoms. The van der Waals surface area contributed by atoms with Crippen molar-refractivity contribution in [3.63, 3.8) is 0 Å². The Kier molecular flexibility index (Phi) is 4.96. The number of nitrogens with two attached hydrogens (primary N) is 1. The van der Waals surface area contributed by atoms with Crippen LogP contribution in [0.1, 0.15) is 45.4 Å². The highest BCUT2D eigenvalue weighted by Gasteiger charge is 2.37. The molecule has 0 bridgehead atoms. The van der Waals surface area contributed by atoms with Crippen LogP contribution in [0.2, 0.25) is 0 Å². The van der Waals surface area contributed by atoms with Crippen LogP contribution in [0.4, 0.5) is 0 Å². The summed E-state index contributed by atoms with van der Waals surface area (Å²) in [5.74, 6) is 3.39. The summed E-state index contributed by atoms with van der Waals surface area (Å²) in [6, 6.07) is 0. The minimum atomic E-state index is -0.301. The molecular weight excluding hydrogens is 244 g/mol. The molecule has 2 rings (SSSR count). The van der Waals surface area contributed by atoms with E-state index in [9.17, 15) is 4.79 Å². The summed E-state index contributed by atoms with van der Waals surface area (Å²) >= 11 is 2.03. The second-order valence-corrected chi connectivity index (χ2v) is 7.33. The molecule has 1 saturated heterocycles. The molecule has 1 saturated carbocycles. The highest BCUT2D eigenvalue weighted by atomic mass is 32.2. The molecule has 2 unspecified atom stereocenters. The molecule has 2 fully saturated rings. The molecule has 2 atom stereocenters.